The van der Waals surface area contributed by atoms with E-state index in [-0.39, 0.29) is 61.4 Å². The van der Waals surface area contributed by atoms with Gasteiger partial charge in [0.1, 0.15) is 0 Å². The number of carbonyl (C=O) groups is 6. The molecule has 0 saturated heterocycles. The number of halogens is 3. The van der Waals surface area contributed by atoms with Crippen LogP contribution in [0.3, 0.4) is 0 Å². The van der Waals surface area contributed by atoms with Crippen molar-refractivity contribution in [3.63, 3.8) is 0 Å². The second-order valence-corrected chi connectivity index (χ2v) is 23.6. The molecule has 6 aromatic heterocycles. The summed E-state index contributed by atoms with van der Waals surface area (Å²) in [7, 11) is 4.66. The van der Waals surface area contributed by atoms with Crippen LogP contribution >= 0.6 is 34.0 Å². The van der Waals surface area contributed by atoms with Crippen molar-refractivity contribution in [1.29, 1.82) is 0 Å². The molecular weight excluding hydrogens is 1220 g/mol. The van der Waals surface area contributed by atoms with E-state index < -0.39 is 34.5 Å². The van der Waals surface area contributed by atoms with Gasteiger partial charge in [-0.3, -0.25) is 43.5 Å². The normalized spacial score (nSPS) is 18.4. The topological polar surface area (TPSA) is 266 Å². The molecule has 18 nitrogen and oxygen atoms in total. The third kappa shape index (κ3) is 11.8. The van der Waals surface area contributed by atoms with Crippen LogP contribution in [-0.2, 0) is 31.0 Å². The summed E-state index contributed by atoms with van der Waals surface area (Å²) in [6.07, 6.45) is 5.22. The minimum atomic E-state index is -1.43. The average Bonchev–Trinajstić information content (AvgIpc) is 1.62. The molecule has 3 amide bonds. The Morgan fingerprint density at radius 1 is 0.418 bits per heavy atom. The Bertz CT molecular complexity index is 4020. The standard InChI is InChI=1S/3C22H19FN4O2S.B/c3*1-3-17(28)18-11-15(12-30-18)22(20(29)27(2)21(24)26-22)14-7-4-6-13(10-14)16-8-5-9-25-19(16)23;/h3*4-12H,3H2,1-2H3,(H2,24,26);/t2*22-;;/m10../s1. The largest absolute Gasteiger partial charge is 0.369 e. The fraction of sp³-hybridized carbons (Fsp3) is 0.182. The molecule has 6 N–H and O–H groups in total. The maximum absolute atomic E-state index is 14.3. The van der Waals surface area contributed by atoms with Crippen LogP contribution in [0.15, 0.2) is 177 Å². The predicted octanol–water partition coefficient (Wildman–Crippen LogP) is 10.3. The zero-order valence-corrected chi connectivity index (χ0v) is 52.3. The van der Waals surface area contributed by atoms with Crippen LogP contribution in [-0.4, -0.2) is 112 Å². The molecule has 0 saturated carbocycles. The van der Waals surface area contributed by atoms with Crippen molar-refractivity contribution < 1.29 is 41.9 Å². The van der Waals surface area contributed by atoms with Gasteiger partial charge in [0.25, 0.3) is 17.7 Å². The number of hydrogen-bond acceptors (Lipinski definition) is 18. The molecule has 25 heteroatoms. The van der Waals surface area contributed by atoms with Crippen molar-refractivity contribution in [3.05, 3.63) is 228 Å². The number of benzene rings is 3. The lowest BCUT2D eigenvalue weighted by Gasteiger charge is -2.25. The summed E-state index contributed by atoms with van der Waals surface area (Å²) in [5.41, 5.74) is 19.6. The Hall–Kier alpha value is -10.1. The van der Waals surface area contributed by atoms with Crippen LogP contribution in [0, 0.1) is 17.8 Å². The van der Waals surface area contributed by atoms with E-state index in [0.717, 1.165) is 0 Å². The van der Waals surface area contributed by atoms with Gasteiger partial charge in [0.2, 0.25) is 17.8 Å². The summed E-state index contributed by atoms with van der Waals surface area (Å²) < 4.78 is 42.8. The van der Waals surface area contributed by atoms with Crippen LogP contribution in [0.4, 0.5) is 13.2 Å². The van der Waals surface area contributed by atoms with Gasteiger partial charge in [-0.05, 0) is 122 Å². The number of carbonyl (C=O) groups excluding carboxylic acids is 6. The Balaban J connectivity index is 0.000000161. The van der Waals surface area contributed by atoms with Crippen LogP contribution in [0.2, 0.25) is 0 Å². The zero-order valence-electron chi connectivity index (χ0n) is 49.9. The summed E-state index contributed by atoms with van der Waals surface area (Å²) in [5.74, 6) is -2.62. The van der Waals surface area contributed by atoms with E-state index in [1.54, 1.807) is 185 Å². The number of hydrogen-bond donors (Lipinski definition) is 3. The molecule has 0 fully saturated rings. The van der Waals surface area contributed by atoms with E-state index in [4.69, 9.17) is 17.2 Å². The van der Waals surface area contributed by atoms with Crippen LogP contribution < -0.4 is 17.2 Å². The number of nitrogens with zero attached hydrogens (tertiary/aromatic N) is 9. The van der Waals surface area contributed by atoms with E-state index in [1.807, 2.05) is 0 Å². The molecule has 0 bridgehead atoms. The van der Waals surface area contributed by atoms with Gasteiger partial charge in [0.05, 0.1) is 14.6 Å². The summed E-state index contributed by atoms with van der Waals surface area (Å²) in [4.78, 5) is 107. The van der Waals surface area contributed by atoms with Crippen molar-refractivity contribution in [2.75, 3.05) is 21.1 Å². The summed E-state index contributed by atoms with van der Waals surface area (Å²) in [5, 5.41) is 5.27. The van der Waals surface area contributed by atoms with Crippen molar-refractivity contribution in [3.8, 4) is 33.4 Å². The molecule has 12 rings (SSSR count). The number of guanidine groups is 3. The van der Waals surface area contributed by atoms with Gasteiger partial charge in [0.15, 0.2) is 51.8 Å². The highest BCUT2D eigenvalue weighted by Gasteiger charge is 2.53. The number of nitrogens with two attached hydrogens (primary N) is 3. The van der Waals surface area contributed by atoms with Crippen molar-refractivity contribution in [2.45, 2.75) is 56.7 Å². The second kappa shape index (κ2) is 26.5. The molecular formula is C66H57BF3N12O6S3. The van der Waals surface area contributed by atoms with Crippen LogP contribution in [0.5, 0.6) is 0 Å². The van der Waals surface area contributed by atoms with Gasteiger partial charge in [-0.15, -0.1) is 34.0 Å². The summed E-state index contributed by atoms with van der Waals surface area (Å²) in [6, 6.07) is 35.7. The van der Waals surface area contributed by atoms with E-state index in [1.165, 1.54) is 67.3 Å². The molecule has 3 aliphatic heterocycles. The highest BCUT2D eigenvalue weighted by Crippen LogP contribution is 2.46. The number of Topliss-reactive ketones (excluding diaryl/α,β-unsaturated/α-hetero) is 3. The van der Waals surface area contributed by atoms with Gasteiger partial charge in [0, 0.05) is 101 Å². The van der Waals surface area contributed by atoms with Gasteiger partial charge in [-0.2, -0.15) is 13.2 Å². The first-order valence-corrected chi connectivity index (χ1v) is 30.7. The van der Waals surface area contributed by atoms with E-state index in [2.05, 4.69) is 29.9 Å². The SMILES string of the molecule is CCC(=O)c1cc(C2(c3cccc(-c4cccnc4F)c3)N=C(N)N(C)C2=O)cs1.CCC(=O)c1cc([C@@]2(c3cccc(-c4cccnc4F)c3)N=C(N)N(C)C2=O)cs1.CCC(=O)c1cc([C@]2(c3cccc(-c4cccnc4F)c3)N=C(N)N(C)C2=O)cs1.[B]. The first-order valence-electron chi connectivity index (χ1n) is 28.1. The number of thiophene rings is 3. The predicted molar refractivity (Wildman–Crippen MR) is 347 cm³/mol. The van der Waals surface area contributed by atoms with E-state index in [9.17, 15) is 41.9 Å². The molecule has 0 aliphatic carbocycles. The molecule has 0 spiro atoms. The number of pyridine rings is 3. The Morgan fingerprint density at radius 3 is 0.901 bits per heavy atom. The van der Waals surface area contributed by atoms with Crippen molar-refractivity contribution in [1.82, 2.24) is 29.7 Å². The van der Waals surface area contributed by atoms with E-state index in [0.29, 0.717) is 101 Å². The maximum Gasteiger partial charge on any atom is 0.266 e. The third-order valence-electron chi connectivity index (χ3n) is 15.6. The lowest BCUT2D eigenvalue weighted by molar-refractivity contribution is -0.130. The van der Waals surface area contributed by atoms with E-state index >= 15 is 0 Å². The number of rotatable bonds is 15. The Kier molecular flexibility index (Phi) is 19.1. The van der Waals surface area contributed by atoms with Crippen LogP contribution in [0.25, 0.3) is 33.4 Å². The zero-order chi connectivity index (χ0) is 64.4. The molecule has 9 aromatic rings. The molecule has 3 atom stereocenters. The number of ketones is 3. The minimum absolute atomic E-state index is 0. The Labute approximate surface area is 535 Å². The highest BCUT2D eigenvalue weighted by atomic mass is 32.1. The molecule has 3 aliphatic rings. The fourth-order valence-electron chi connectivity index (χ4n) is 10.6. The fourth-order valence-corrected chi connectivity index (χ4v) is 13.5. The number of likely N-dealkylation sites (N-methyl/N-ethyl adjacent to an activating group) is 3. The quantitative estimate of drug-likeness (QED) is 0.0492. The summed E-state index contributed by atoms with van der Waals surface area (Å²) in [6.45, 7) is 5.36. The van der Waals surface area contributed by atoms with Gasteiger partial charge in [-0.1, -0.05) is 75.4 Å². The minimum Gasteiger partial charge on any atom is -0.369 e. The maximum atomic E-state index is 14.3. The monoisotopic (exact) mass is 1280 g/mol. The number of aliphatic imine (C=N–C) groups is 3. The first kappa shape index (κ1) is 65.3. The molecule has 3 aromatic carbocycles. The average molecular weight is 1280 g/mol. The number of aromatic nitrogens is 3. The van der Waals surface area contributed by atoms with Gasteiger partial charge in [-0.25, -0.2) is 29.9 Å². The third-order valence-corrected chi connectivity index (χ3v) is 18.5. The smallest absolute Gasteiger partial charge is 0.266 e. The lowest BCUT2D eigenvalue weighted by Crippen LogP contribution is -2.41. The molecule has 1 unspecified atom stereocenters. The Morgan fingerprint density at radius 2 is 0.681 bits per heavy atom. The van der Waals surface area contributed by atoms with Crippen molar-refractivity contribution >= 4 is 95.4 Å². The van der Waals surface area contributed by atoms with Crippen LogP contribution in [0.1, 0.15) is 102 Å². The second-order valence-electron chi connectivity index (χ2n) is 20.8. The lowest BCUT2D eigenvalue weighted by atomic mass is 9.83. The highest BCUT2D eigenvalue weighted by molar-refractivity contribution is 7.13. The number of amides is 3. The molecule has 9 heterocycles. The molecule has 459 valence electrons. The van der Waals surface area contributed by atoms with Crippen molar-refractivity contribution in [2.24, 2.45) is 32.2 Å². The first-order chi connectivity index (χ1) is 43.1. The molecule has 3 radical (unpaired) electrons. The summed E-state index contributed by atoms with van der Waals surface area (Å²) >= 11 is 3.81. The van der Waals surface area contributed by atoms with Gasteiger partial charge < -0.3 is 17.2 Å². The molecule has 91 heavy (non-hydrogen) atoms. The van der Waals surface area contributed by atoms with Gasteiger partial charge >= 0.3 is 0 Å².